The van der Waals surface area contributed by atoms with Crippen LogP contribution in [0.15, 0.2) is 90.1 Å². The number of hydrogen-bond acceptors (Lipinski definition) is 8. The molecule has 12 heteroatoms. The molecule has 11 nitrogen and oxygen atoms in total. The number of benzene rings is 2. The summed E-state index contributed by atoms with van der Waals surface area (Å²) in [5.41, 5.74) is 2.71. The summed E-state index contributed by atoms with van der Waals surface area (Å²) in [5.74, 6) is 0.547. The second-order valence-electron chi connectivity index (χ2n) is 7.19. The molecular weight excluding hydrogens is 458 g/mol. The first kappa shape index (κ1) is 21.2. The monoisotopic (exact) mass is 473 g/mol. The van der Waals surface area contributed by atoms with Crippen LogP contribution >= 0.6 is 0 Å². The van der Waals surface area contributed by atoms with Crippen molar-refractivity contribution in [3.63, 3.8) is 0 Å². The van der Waals surface area contributed by atoms with Gasteiger partial charge in [0.2, 0.25) is 0 Å². The van der Waals surface area contributed by atoms with Gasteiger partial charge in [0.05, 0.1) is 15.5 Å². The van der Waals surface area contributed by atoms with Gasteiger partial charge in [-0.2, -0.15) is 9.61 Å². The third-order valence-corrected chi connectivity index (χ3v) is 6.33. The summed E-state index contributed by atoms with van der Waals surface area (Å²) in [7, 11) is -4.00. The maximum atomic E-state index is 12.7. The van der Waals surface area contributed by atoms with Gasteiger partial charge in [-0.15, -0.1) is 10.2 Å². The van der Waals surface area contributed by atoms with Crippen molar-refractivity contribution in [2.24, 2.45) is 0 Å². The quantitative estimate of drug-likeness (QED) is 0.291. The van der Waals surface area contributed by atoms with Gasteiger partial charge in [-0.1, -0.05) is 18.2 Å². The normalized spacial score (nSPS) is 11.4. The fourth-order valence-electron chi connectivity index (χ4n) is 3.31. The van der Waals surface area contributed by atoms with Crippen LogP contribution in [0.25, 0.3) is 28.3 Å². The molecule has 34 heavy (non-hydrogen) atoms. The van der Waals surface area contributed by atoms with Crippen molar-refractivity contribution in [2.45, 2.75) is 4.90 Å². The van der Waals surface area contributed by atoms with E-state index in [1.54, 1.807) is 59.4 Å². The Hall–Kier alpha value is -4.71. The molecule has 0 fully saturated rings. The number of nitrogens with zero attached hydrogens (tertiary/aromatic N) is 6. The number of aromatic nitrogens is 5. The third kappa shape index (κ3) is 4.04. The zero-order chi connectivity index (χ0) is 23.7. The largest absolute Gasteiger partial charge is 0.280 e. The first-order valence-corrected chi connectivity index (χ1v) is 11.4. The molecule has 5 aromatic rings. The fourth-order valence-corrected chi connectivity index (χ4v) is 4.40. The van der Waals surface area contributed by atoms with Gasteiger partial charge in [-0.25, -0.2) is 8.42 Å². The van der Waals surface area contributed by atoms with Crippen molar-refractivity contribution in [3.05, 3.63) is 95.3 Å². The van der Waals surface area contributed by atoms with Gasteiger partial charge < -0.3 is 0 Å². The lowest BCUT2D eigenvalue weighted by Gasteiger charge is -2.09. The number of anilines is 1. The molecule has 0 saturated carbocycles. The van der Waals surface area contributed by atoms with Crippen LogP contribution in [0, 0.1) is 10.1 Å². The Morgan fingerprint density at radius 3 is 2.47 bits per heavy atom. The average molecular weight is 473 g/mol. The van der Waals surface area contributed by atoms with Gasteiger partial charge in [-0.05, 0) is 42.5 Å². The molecule has 3 heterocycles. The minimum Gasteiger partial charge on any atom is -0.280 e. The van der Waals surface area contributed by atoms with Gasteiger partial charge in [0, 0.05) is 41.3 Å². The first-order chi connectivity index (χ1) is 16.4. The molecule has 0 aliphatic rings. The van der Waals surface area contributed by atoms with Crippen molar-refractivity contribution in [1.82, 2.24) is 24.8 Å². The first-order valence-electron chi connectivity index (χ1n) is 9.91. The van der Waals surface area contributed by atoms with Crippen molar-refractivity contribution >= 4 is 27.0 Å². The Kier molecular flexibility index (Phi) is 5.18. The van der Waals surface area contributed by atoms with Crippen molar-refractivity contribution in [1.29, 1.82) is 0 Å². The van der Waals surface area contributed by atoms with E-state index in [4.69, 9.17) is 0 Å². The van der Waals surface area contributed by atoms with Crippen molar-refractivity contribution in [2.75, 3.05) is 4.72 Å². The Balaban J connectivity index is 1.42. The molecule has 5 rings (SSSR count). The molecule has 0 aliphatic heterocycles. The van der Waals surface area contributed by atoms with Gasteiger partial charge in [0.15, 0.2) is 11.5 Å². The summed E-state index contributed by atoms with van der Waals surface area (Å²) in [4.78, 5) is 14.2. The van der Waals surface area contributed by atoms with Gasteiger partial charge in [0.25, 0.3) is 15.7 Å². The summed E-state index contributed by atoms with van der Waals surface area (Å²) >= 11 is 0. The van der Waals surface area contributed by atoms with Crippen LogP contribution < -0.4 is 4.72 Å². The molecule has 168 valence electrons. The highest BCUT2D eigenvalue weighted by atomic mass is 32.2. The maximum Gasteiger partial charge on any atom is 0.270 e. The van der Waals surface area contributed by atoms with E-state index in [0.717, 1.165) is 17.2 Å². The number of rotatable bonds is 6. The molecule has 0 saturated heterocycles. The minimum atomic E-state index is -4.00. The summed E-state index contributed by atoms with van der Waals surface area (Å²) < 4.78 is 29.4. The summed E-state index contributed by atoms with van der Waals surface area (Å²) in [6, 6.07) is 18.7. The van der Waals surface area contributed by atoms with Crippen LogP contribution in [0.5, 0.6) is 0 Å². The summed E-state index contributed by atoms with van der Waals surface area (Å²) in [5, 5.41) is 23.9. The number of hydrogen-bond donors (Lipinski definition) is 1. The van der Waals surface area contributed by atoms with Crippen molar-refractivity contribution < 1.29 is 13.3 Å². The molecule has 0 bridgehead atoms. The van der Waals surface area contributed by atoms with E-state index in [1.165, 1.54) is 18.2 Å². The van der Waals surface area contributed by atoms with Gasteiger partial charge in [0.1, 0.15) is 0 Å². The number of pyridine rings is 1. The Morgan fingerprint density at radius 1 is 0.912 bits per heavy atom. The highest BCUT2D eigenvalue weighted by Crippen LogP contribution is 2.24. The third-order valence-electron chi connectivity index (χ3n) is 4.95. The molecule has 3 aromatic heterocycles. The standard InChI is InChI=1S/C22H15N7O4S/c30-29(31)18-4-1-5-19(13-18)34(32,33)27-17-8-6-15(7-9-17)20-10-11-21-24-25-22(28(21)26-20)16-3-2-12-23-14-16/h1-14,27H. The average Bonchev–Trinajstić information content (AvgIpc) is 3.28. The number of nitrogens with one attached hydrogen (secondary N) is 1. The number of nitro groups is 1. The van der Waals surface area contributed by atoms with Crippen molar-refractivity contribution in [3.8, 4) is 22.6 Å². The molecule has 0 radical (unpaired) electrons. The summed E-state index contributed by atoms with van der Waals surface area (Å²) in [6.07, 6.45) is 3.34. The predicted octanol–water partition coefficient (Wildman–Crippen LogP) is 3.56. The smallest absolute Gasteiger partial charge is 0.270 e. The van der Waals surface area contributed by atoms with Crippen LogP contribution in [-0.2, 0) is 10.0 Å². The molecule has 1 N–H and O–H groups in total. The highest BCUT2D eigenvalue weighted by molar-refractivity contribution is 7.92. The molecule has 0 aliphatic carbocycles. The van der Waals surface area contributed by atoms with E-state index in [0.29, 0.717) is 22.9 Å². The van der Waals surface area contributed by atoms with Crippen LogP contribution in [-0.4, -0.2) is 38.1 Å². The number of sulfonamides is 1. The Labute approximate surface area is 192 Å². The van der Waals surface area contributed by atoms with Crippen LogP contribution in [0.1, 0.15) is 0 Å². The zero-order valence-corrected chi connectivity index (χ0v) is 18.1. The lowest BCUT2D eigenvalue weighted by atomic mass is 10.1. The maximum absolute atomic E-state index is 12.7. The number of non-ortho nitro benzene ring substituents is 1. The number of fused-ring (bicyclic) bond motifs is 1. The van der Waals surface area contributed by atoms with E-state index in [2.05, 4.69) is 25.0 Å². The topological polar surface area (TPSA) is 145 Å². The molecule has 0 unspecified atom stereocenters. The molecule has 0 amide bonds. The van der Waals surface area contributed by atoms with E-state index >= 15 is 0 Å². The fraction of sp³-hybridized carbons (Fsp3) is 0. The van der Waals surface area contributed by atoms with Gasteiger partial charge in [-0.3, -0.25) is 19.8 Å². The van der Waals surface area contributed by atoms with E-state index in [9.17, 15) is 18.5 Å². The Morgan fingerprint density at radius 2 is 1.74 bits per heavy atom. The van der Waals surface area contributed by atoms with Crippen LogP contribution in [0.3, 0.4) is 0 Å². The molecule has 0 spiro atoms. The van der Waals surface area contributed by atoms with E-state index in [1.807, 2.05) is 6.07 Å². The number of nitro benzene ring substituents is 1. The SMILES string of the molecule is O=[N+]([O-])c1cccc(S(=O)(=O)Nc2ccc(-c3ccc4nnc(-c5cccnc5)n4n3)cc2)c1. The predicted molar refractivity (Wildman–Crippen MR) is 123 cm³/mol. The second kappa shape index (κ2) is 8.33. The van der Waals surface area contributed by atoms with E-state index < -0.39 is 14.9 Å². The molecule has 0 atom stereocenters. The summed E-state index contributed by atoms with van der Waals surface area (Å²) in [6.45, 7) is 0. The lowest BCUT2D eigenvalue weighted by molar-refractivity contribution is -0.385. The van der Waals surface area contributed by atoms with Crippen LogP contribution in [0.2, 0.25) is 0 Å². The second-order valence-corrected chi connectivity index (χ2v) is 8.87. The highest BCUT2D eigenvalue weighted by Gasteiger charge is 2.18. The van der Waals surface area contributed by atoms with Gasteiger partial charge >= 0.3 is 0 Å². The molecule has 2 aromatic carbocycles. The molecular formula is C22H15N7O4S. The minimum absolute atomic E-state index is 0.201. The Bertz CT molecular complexity index is 1620. The lowest BCUT2D eigenvalue weighted by Crippen LogP contribution is -2.13. The zero-order valence-electron chi connectivity index (χ0n) is 17.3. The van der Waals surface area contributed by atoms with E-state index in [-0.39, 0.29) is 10.6 Å². The van der Waals surface area contributed by atoms with Crippen LogP contribution in [0.4, 0.5) is 11.4 Å².